The molecule has 0 amide bonds. The molecular weight excluding hydrogens is 220 g/mol. The second-order valence-corrected chi connectivity index (χ2v) is 3.26. The highest BCUT2D eigenvalue weighted by atomic mass is 19.2. The van der Waals surface area contributed by atoms with E-state index >= 15 is 0 Å². The molecule has 0 saturated heterocycles. The van der Waals surface area contributed by atoms with Crippen LogP contribution in [0.5, 0.6) is 0 Å². The Kier molecular flexibility index (Phi) is 2.64. The highest BCUT2D eigenvalue weighted by Gasteiger charge is 2.11. The van der Waals surface area contributed by atoms with Crippen LogP contribution in [0, 0.1) is 23.3 Å². The number of halogens is 4. The van der Waals surface area contributed by atoms with Crippen LogP contribution in [0.4, 0.5) is 17.6 Å². The van der Waals surface area contributed by atoms with E-state index in [1.54, 1.807) is 0 Å². The fourth-order valence-electron chi connectivity index (χ4n) is 1.36. The normalized spacial score (nSPS) is 10.5. The molecule has 0 aliphatic carbocycles. The largest absolute Gasteiger partial charge is 0.207 e. The van der Waals surface area contributed by atoms with Gasteiger partial charge in [-0.1, -0.05) is 12.1 Å². The summed E-state index contributed by atoms with van der Waals surface area (Å²) < 4.78 is 51.1. The summed E-state index contributed by atoms with van der Waals surface area (Å²) in [6.45, 7) is 0. The number of hydrogen-bond acceptors (Lipinski definition) is 0. The molecule has 0 aromatic heterocycles. The summed E-state index contributed by atoms with van der Waals surface area (Å²) in [6, 6.07) is 6.78. The lowest BCUT2D eigenvalue weighted by molar-refractivity contribution is 0.447. The van der Waals surface area contributed by atoms with Crippen LogP contribution in [0.3, 0.4) is 0 Å². The molecule has 0 spiro atoms. The molecule has 2 aromatic carbocycles. The maximum atomic E-state index is 12.9. The third kappa shape index (κ3) is 1.91. The number of benzene rings is 2. The molecule has 0 aliphatic rings. The van der Waals surface area contributed by atoms with Gasteiger partial charge in [0.25, 0.3) is 0 Å². The van der Waals surface area contributed by atoms with Gasteiger partial charge in [-0.3, -0.25) is 0 Å². The van der Waals surface area contributed by atoms with Gasteiger partial charge >= 0.3 is 0 Å². The van der Waals surface area contributed by atoms with Crippen LogP contribution in [-0.4, -0.2) is 0 Å². The minimum Gasteiger partial charge on any atom is -0.207 e. The average molecular weight is 226 g/mol. The Hall–Kier alpha value is -1.84. The molecule has 16 heavy (non-hydrogen) atoms. The van der Waals surface area contributed by atoms with Crippen molar-refractivity contribution in [1.29, 1.82) is 0 Å². The van der Waals surface area contributed by atoms with Crippen LogP contribution in [0.1, 0.15) is 0 Å². The van der Waals surface area contributed by atoms with Crippen molar-refractivity contribution < 1.29 is 17.6 Å². The summed E-state index contributed by atoms with van der Waals surface area (Å²) in [4.78, 5) is 0. The summed E-state index contributed by atoms with van der Waals surface area (Å²) in [5.41, 5.74) is 0.579. The van der Waals surface area contributed by atoms with E-state index in [0.29, 0.717) is 5.56 Å². The second-order valence-electron chi connectivity index (χ2n) is 3.26. The molecular formula is C12H6F4. The lowest BCUT2D eigenvalue weighted by atomic mass is 10.1. The van der Waals surface area contributed by atoms with Crippen LogP contribution in [0.2, 0.25) is 0 Å². The Morgan fingerprint density at radius 2 is 1.12 bits per heavy atom. The Morgan fingerprint density at radius 3 is 1.62 bits per heavy atom. The van der Waals surface area contributed by atoms with Crippen molar-refractivity contribution in [3.05, 3.63) is 59.7 Å². The molecule has 0 saturated carbocycles. The maximum Gasteiger partial charge on any atom is 0.194 e. The van der Waals surface area contributed by atoms with E-state index in [1.807, 2.05) is 0 Å². The first-order valence-corrected chi connectivity index (χ1v) is 4.48. The zero-order chi connectivity index (χ0) is 11.7. The smallest absolute Gasteiger partial charge is 0.194 e. The SMILES string of the molecule is Fc1ccc(-c2cc(F)c(F)c(F)c2)cc1. The summed E-state index contributed by atoms with van der Waals surface area (Å²) in [6.07, 6.45) is 0. The molecule has 82 valence electrons. The van der Waals surface area contributed by atoms with Crippen molar-refractivity contribution in [2.75, 3.05) is 0 Å². The van der Waals surface area contributed by atoms with Gasteiger partial charge in [-0.15, -0.1) is 0 Å². The Labute approximate surface area is 89.2 Å². The minimum atomic E-state index is -1.51. The lowest BCUT2D eigenvalue weighted by Crippen LogP contribution is -1.91. The standard InChI is InChI=1S/C12H6F4/c13-9-3-1-7(2-4-9)8-5-10(14)12(16)11(15)6-8/h1-6H. The highest BCUT2D eigenvalue weighted by Crippen LogP contribution is 2.23. The van der Waals surface area contributed by atoms with E-state index in [1.165, 1.54) is 12.1 Å². The number of hydrogen-bond donors (Lipinski definition) is 0. The second kappa shape index (κ2) is 3.96. The molecule has 0 heterocycles. The summed E-state index contributed by atoms with van der Waals surface area (Å²) in [5.74, 6) is -4.49. The fourth-order valence-corrected chi connectivity index (χ4v) is 1.36. The van der Waals surface area contributed by atoms with Crippen molar-refractivity contribution >= 4 is 0 Å². The molecule has 0 nitrogen and oxygen atoms in total. The van der Waals surface area contributed by atoms with E-state index in [-0.39, 0.29) is 5.56 Å². The first-order valence-electron chi connectivity index (χ1n) is 4.48. The van der Waals surface area contributed by atoms with Gasteiger partial charge in [0.05, 0.1) is 0 Å². The fraction of sp³-hybridized carbons (Fsp3) is 0. The van der Waals surface area contributed by atoms with Crippen molar-refractivity contribution in [2.45, 2.75) is 0 Å². The summed E-state index contributed by atoms with van der Waals surface area (Å²) >= 11 is 0. The van der Waals surface area contributed by atoms with Crippen LogP contribution in [-0.2, 0) is 0 Å². The lowest BCUT2D eigenvalue weighted by Gasteiger charge is -2.03. The summed E-state index contributed by atoms with van der Waals surface area (Å²) in [5, 5.41) is 0. The van der Waals surface area contributed by atoms with Gasteiger partial charge in [0.2, 0.25) is 0 Å². The molecule has 0 unspecified atom stereocenters. The van der Waals surface area contributed by atoms with Crippen LogP contribution < -0.4 is 0 Å². The summed E-state index contributed by atoms with van der Waals surface area (Å²) in [7, 11) is 0. The van der Waals surface area contributed by atoms with E-state index in [9.17, 15) is 17.6 Å². The first kappa shape index (κ1) is 10.7. The monoisotopic (exact) mass is 226 g/mol. The first-order chi connectivity index (χ1) is 7.58. The van der Waals surface area contributed by atoms with E-state index in [4.69, 9.17) is 0 Å². The zero-order valence-corrected chi connectivity index (χ0v) is 7.98. The Morgan fingerprint density at radius 1 is 0.625 bits per heavy atom. The van der Waals surface area contributed by atoms with Gasteiger partial charge < -0.3 is 0 Å². The van der Waals surface area contributed by atoms with E-state index < -0.39 is 23.3 Å². The maximum absolute atomic E-state index is 12.9. The van der Waals surface area contributed by atoms with Gasteiger partial charge in [0.15, 0.2) is 17.5 Å². The van der Waals surface area contributed by atoms with Crippen LogP contribution >= 0.6 is 0 Å². The minimum absolute atomic E-state index is 0.163. The molecule has 4 heteroatoms. The third-order valence-electron chi connectivity index (χ3n) is 2.16. The van der Waals surface area contributed by atoms with Crippen LogP contribution in [0.15, 0.2) is 36.4 Å². The van der Waals surface area contributed by atoms with Gasteiger partial charge in [-0.25, -0.2) is 17.6 Å². The van der Waals surface area contributed by atoms with Gasteiger partial charge in [0.1, 0.15) is 5.82 Å². The van der Waals surface area contributed by atoms with E-state index in [0.717, 1.165) is 24.3 Å². The van der Waals surface area contributed by atoms with Gasteiger partial charge in [0, 0.05) is 0 Å². The Bertz CT molecular complexity index is 494. The molecule has 0 atom stereocenters. The molecule has 2 aromatic rings. The molecule has 0 aliphatic heterocycles. The molecule has 0 bridgehead atoms. The van der Waals surface area contributed by atoms with Crippen molar-refractivity contribution in [3.63, 3.8) is 0 Å². The highest BCUT2D eigenvalue weighted by molar-refractivity contribution is 5.63. The van der Waals surface area contributed by atoms with Crippen molar-refractivity contribution in [2.24, 2.45) is 0 Å². The Balaban J connectivity index is 2.52. The van der Waals surface area contributed by atoms with Gasteiger partial charge in [-0.05, 0) is 35.4 Å². The quantitative estimate of drug-likeness (QED) is 0.510. The van der Waals surface area contributed by atoms with Crippen molar-refractivity contribution in [3.8, 4) is 11.1 Å². The topological polar surface area (TPSA) is 0 Å². The average Bonchev–Trinajstić information content (AvgIpc) is 2.26. The molecule has 0 fully saturated rings. The molecule has 0 radical (unpaired) electrons. The zero-order valence-electron chi connectivity index (χ0n) is 7.98. The molecule has 0 N–H and O–H groups in total. The number of rotatable bonds is 1. The van der Waals surface area contributed by atoms with E-state index in [2.05, 4.69) is 0 Å². The van der Waals surface area contributed by atoms with Gasteiger partial charge in [-0.2, -0.15) is 0 Å². The van der Waals surface area contributed by atoms with Crippen LogP contribution in [0.25, 0.3) is 11.1 Å². The predicted octanol–water partition coefficient (Wildman–Crippen LogP) is 3.91. The van der Waals surface area contributed by atoms with Crippen molar-refractivity contribution in [1.82, 2.24) is 0 Å². The third-order valence-corrected chi connectivity index (χ3v) is 2.16. The predicted molar refractivity (Wildman–Crippen MR) is 51.7 cm³/mol. The molecule has 2 rings (SSSR count).